The van der Waals surface area contributed by atoms with Gasteiger partial charge in [-0.1, -0.05) is 27.2 Å². The second-order valence-electron chi connectivity index (χ2n) is 7.66. The summed E-state index contributed by atoms with van der Waals surface area (Å²) in [5.41, 5.74) is 7.08. The van der Waals surface area contributed by atoms with Crippen LogP contribution in [0.2, 0.25) is 0 Å². The summed E-state index contributed by atoms with van der Waals surface area (Å²) < 4.78 is 2.22. The zero-order valence-electron chi connectivity index (χ0n) is 13.7. The van der Waals surface area contributed by atoms with E-state index in [1.54, 1.807) is 0 Å². The summed E-state index contributed by atoms with van der Waals surface area (Å²) in [6.07, 6.45) is 11.0. The van der Waals surface area contributed by atoms with Gasteiger partial charge in [0.1, 0.15) is 5.82 Å². The van der Waals surface area contributed by atoms with Crippen molar-refractivity contribution in [2.75, 3.05) is 0 Å². The molecule has 2 atom stereocenters. The van der Waals surface area contributed by atoms with Crippen LogP contribution in [-0.4, -0.2) is 15.1 Å². The molecule has 0 saturated heterocycles. The fraction of sp³-hybridized carbons (Fsp3) is 0.824. The Labute approximate surface area is 124 Å². The topological polar surface area (TPSA) is 43.8 Å². The van der Waals surface area contributed by atoms with Crippen LogP contribution in [0.5, 0.6) is 0 Å². The predicted octanol–water partition coefficient (Wildman–Crippen LogP) is 3.77. The molecular formula is C17H31N3. The fourth-order valence-corrected chi connectivity index (χ4v) is 3.58. The van der Waals surface area contributed by atoms with Crippen LogP contribution in [-0.2, 0) is 13.0 Å². The molecular weight excluding hydrogens is 246 g/mol. The SMILES string of the molecule is CCn1ccnc1CC1(N)CCCC(C(C)(C)C)CC1. The van der Waals surface area contributed by atoms with Crippen molar-refractivity contribution in [3.63, 3.8) is 0 Å². The summed E-state index contributed by atoms with van der Waals surface area (Å²) in [4.78, 5) is 4.51. The average Bonchev–Trinajstić information content (AvgIpc) is 2.68. The molecule has 1 aromatic heterocycles. The molecule has 1 aliphatic rings. The molecule has 20 heavy (non-hydrogen) atoms. The number of aromatic nitrogens is 2. The maximum absolute atomic E-state index is 6.73. The van der Waals surface area contributed by atoms with Crippen molar-refractivity contribution in [1.82, 2.24) is 9.55 Å². The van der Waals surface area contributed by atoms with Gasteiger partial charge in [-0.25, -0.2) is 4.98 Å². The largest absolute Gasteiger partial charge is 0.335 e. The molecule has 0 aliphatic heterocycles. The summed E-state index contributed by atoms with van der Waals surface area (Å²) in [5, 5.41) is 0. The van der Waals surface area contributed by atoms with Crippen molar-refractivity contribution in [3.8, 4) is 0 Å². The molecule has 1 saturated carbocycles. The van der Waals surface area contributed by atoms with Crippen molar-refractivity contribution >= 4 is 0 Å². The van der Waals surface area contributed by atoms with E-state index in [0.29, 0.717) is 5.41 Å². The number of imidazole rings is 1. The third kappa shape index (κ3) is 3.63. The molecule has 2 unspecified atom stereocenters. The molecule has 0 spiro atoms. The molecule has 3 nitrogen and oxygen atoms in total. The lowest BCUT2D eigenvalue weighted by molar-refractivity contribution is 0.210. The molecule has 1 aromatic rings. The number of aryl methyl sites for hydroxylation is 1. The zero-order valence-corrected chi connectivity index (χ0v) is 13.7. The lowest BCUT2D eigenvalue weighted by Crippen LogP contribution is -2.42. The first-order chi connectivity index (χ1) is 9.34. The van der Waals surface area contributed by atoms with Crippen molar-refractivity contribution in [1.29, 1.82) is 0 Å². The Morgan fingerprint density at radius 3 is 2.75 bits per heavy atom. The highest BCUT2D eigenvalue weighted by atomic mass is 15.1. The van der Waals surface area contributed by atoms with Crippen LogP contribution < -0.4 is 5.73 Å². The number of hydrogen-bond donors (Lipinski definition) is 1. The Morgan fingerprint density at radius 1 is 1.35 bits per heavy atom. The van der Waals surface area contributed by atoms with E-state index >= 15 is 0 Å². The highest BCUT2D eigenvalue weighted by Gasteiger charge is 2.34. The highest BCUT2D eigenvalue weighted by Crippen LogP contribution is 2.39. The maximum Gasteiger partial charge on any atom is 0.110 e. The Bertz CT molecular complexity index is 430. The molecule has 0 aromatic carbocycles. The minimum atomic E-state index is -0.0573. The van der Waals surface area contributed by atoms with Crippen LogP contribution in [0.1, 0.15) is 65.6 Å². The molecule has 1 heterocycles. The van der Waals surface area contributed by atoms with E-state index in [1.165, 1.54) is 19.3 Å². The van der Waals surface area contributed by atoms with E-state index in [1.807, 2.05) is 6.20 Å². The third-order valence-electron chi connectivity index (χ3n) is 5.10. The van der Waals surface area contributed by atoms with Gasteiger partial charge in [-0.2, -0.15) is 0 Å². The third-order valence-corrected chi connectivity index (χ3v) is 5.10. The van der Waals surface area contributed by atoms with E-state index < -0.39 is 0 Å². The quantitative estimate of drug-likeness (QED) is 0.855. The van der Waals surface area contributed by atoms with Gasteiger partial charge in [-0.3, -0.25) is 0 Å². The second-order valence-corrected chi connectivity index (χ2v) is 7.66. The van der Waals surface area contributed by atoms with Crippen molar-refractivity contribution in [2.45, 2.75) is 78.3 Å². The number of hydrogen-bond acceptors (Lipinski definition) is 2. The molecule has 0 bridgehead atoms. The summed E-state index contributed by atoms with van der Waals surface area (Å²) in [6.45, 7) is 10.2. The van der Waals surface area contributed by atoms with Crippen molar-refractivity contribution in [3.05, 3.63) is 18.2 Å². The summed E-state index contributed by atoms with van der Waals surface area (Å²) in [6, 6.07) is 0. The minimum absolute atomic E-state index is 0.0573. The Hall–Kier alpha value is -0.830. The van der Waals surface area contributed by atoms with E-state index in [-0.39, 0.29) is 5.54 Å². The summed E-state index contributed by atoms with van der Waals surface area (Å²) >= 11 is 0. The van der Waals surface area contributed by atoms with Crippen LogP contribution in [0.25, 0.3) is 0 Å². The smallest absolute Gasteiger partial charge is 0.110 e. The first-order valence-corrected chi connectivity index (χ1v) is 8.13. The fourth-order valence-electron chi connectivity index (χ4n) is 3.58. The van der Waals surface area contributed by atoms with Gasteiger partial charge in [-0.15, -0.1) is 0 Å². The van der Waals surface area contributed by atoms with Crippen LogP contribution in [0, 0.1) is 11.3 Å². The lowest BCUT2D eigenvalue weighted by atomic mass is 9.76. The average molecular weight is 277 g/mol. The van der Waals surface area contributed by atoms with Crippen LogP contribution in [0.15, 0.2) is 12.4 Å². The second kappa shape index (κ2) is 5.88. The number of rotatable bonds is 3. The van der Waals surface area contributed by atoms with Gasteiger partial charge in [0, 0.05) is 30.9 Å². The van der Waals surface area contributed by atoms with Gasteiger partial charge in [0.2, 0.25) is 0 Å². The molecule has 2 N–H and O–H groups in total. The van der Waals surface area contributed by atoms with Gasteiger partial charge in [0.15, 0.2) is 0 Å². The molecule has 0 amide bonds. The van der Waals surface area contributed by atoms with E-state index in [0.717, 1.165) is 37.5 Å². The number of nitrogens with two attached hydrogens (primary N) is 1. The summed E-state index contributed by atoms with van der Waals surface area (Å²) in [7, 11) is 0. The van der Waals surface area contributed by atoms with Gasteiger partial charge in [-0.05, 0) is 43.9 Å². The summed E-state index contributed by atoms with van der Waals surface area (Å²) in [5.74, 6) is 1.96. The maximum atomic E-state index is 6.73. The van der Waals surface area contributed by atoms with Crippen LogP contribution in [0.4, 0.5) is 0 Å². The van der Waals surface area contributed by atoms with Gasteiger partial charge in [0.05, 0.1) is 0 Å². The van der Waals surface area contributed by atoms with Gasteiger partial charge < -0.3 is 10.3 Å². The Kier molecular flexibility index (Phi) is 4.58. The Balaban J connectivity index is 2.04. The minimum Gasteiger partial charge on any atom is -0.335 e. The van der Waals surface area contributed by atoms with E-state index in [2.05, 4.69) is 43.4 Å². The first-order valence-electron chi connectivity index (χ1n) is 8.13. The van der Waals surface area contributed by atoms with E-state index in [9.17, 15) is 0 Å². The zero-order chi connectivity index (χ0) is 14.8. The van der Waals surface area contributed by atoms with Crippen molar-refractivity contribution in [2.24, 2.45) is 17.1 Å². The van der Waals surface area contributed by atoms with Crippen LogP contribution >= 0.6 is 0 Å². The van der Waals surface area contributed by atoms with Crippen molar-refractivity contribution < 1.29 is 0 Å². The first kappa shape index (κ1) is 15.6. The molecule has 1 fully saturated rings. The van der Waals surface area contributed by atoms with E-state index in [4.69, 9.17) is 5.73 Å². The number of nitrogens with zero attached hydrogens (tertiary/aromatic N) is 2. The lowest BCUT2D eigenvalue weighted by Gasteiger charge is -2.31. The molecule has 1 aliphatic carbocycles. The molecule has 3 heteroatoms. The Morgan fingerprint density at radius 2 is 2.10 bits per heavy atom. The standard InChI is InChI=1S/C17H31N3/c1-5-20-12-11-19-15(20)13-17(18)9-6-7-14(8-10-17)16(2,3)4/h11-12,14H,5-10,13,18H2,1-4H3. The molecule has 0 radical (unpaired) electrons. The van der Waals surface area contributed by atoms with Crippen LogP contribution in [0.3, 0.4) is 0 Å². The van der Waals surface area contributed by atoms with Gasteiger partial charge >= 0.3 is 0 Å². The monoisotopic (exact) mass is 277 g/mol. The predicted molar refractivity (Wildman–Crippen MR) is 84.6 cm³/mol. The highest BCUT2D eigenvalue weighted by molar-refractivity contribution is 5.02. The normalized spacial score (nSPS) is 28.4. The van der Waals surface area contributed by atoms with Gasteiger partial charge in [0.25, 0.3) is 0 Å². The molecule has 114 valence electrons. The molecule has 2 rings (SSSR count).